The van der Waals surface area contributed by atoms with Crippen LogP contribution >= 0.6 is 0 Å². The average molecular weight is 276 g/mol. The minimum atomic E-state index is -1.37. The lowest BCUT2D eigenvalue weighted by Crippen LogP contribution is -2.23. The van der Waals surface area contributed by atoms with Crippen LogP contribution in [0, 0.1) is 5.92 Å². The summed E-state index contributed by atoms with van der Waals surface area (Å²) in [5, 5.41) is 18.3. The van der Waals surface area contributed by atoms with Crippen molar-refractivity contribution < 1.29 is 24.6 Å². The first kappa shape index (κ1) is 15.6. The van der Waals surface area contributed by atoms with E-state index in [9.17, 15) is 19.5 Å². The van der Waals surface area contributed by atoms with Gasteiger partial charge in [-0.3, -0.25) is 4.79 Å². The molecule has 1 aromatic carbocycles. The highest BCUT2D eigenvalue weighted by Gasteiger charge is 2.29. The van der Waals surface area contributed by atoms with Gasteiger partial charge >= 0.3 is 11.9 Å². The Hall–Kier alpha value is -2.43. The fraction of sp³-hybridized carbons (Fsp3) is 0.267. The smallest absolute Gasteiger partial charge is 0.332 e. The Bertz CT molecular complexity index is 557. The molecule has 1 rings (SSSR count). The van der Waals surface area contributed by atoms with Crippen LogP contribution in [-0.4, -0.2) is 27.9 Å². The molecule has 0 spiro atoms. The standard InChI is InChI=1S/C15H16O5/c1-3-11(14(17)18)12(15(19)20)9(2)13(16)10-7-5-4-6-8-10/h4-9H,3H2,1-2H3,(H,17,18)(H,19,20)/b12-11+. The number of carbonyl (C=O) groups excluding carboxylic acids is 1. The van der Waals surface area contributed by atoms with Crippen LogP contribution in [0.5, 0.6) is 0 Å². The van der Waals surface area contributed by atoms with E-state index >= 15 is 0 Å². The third-order valence-corrected chi connectivity index (χ3v) is 3.05. The van der Waals surface area contributed by atoms with Crippen LogP contribution in [0.3, 0.4) is 0 Å². The lowest BCUT2D eigenvalue weighted by atomic mass is 9.88. The molecule has 0 fully saturated rings. The number of carbonyl (C=O) groups is 3. The second kappa shape index (κ2) is 6.65. The highest BCUT2D eigenvalue weighted by Crippen LogP contribution is 2.22. The summed E-state index contributed by atoms with van der Waals surface area (Å²) in [6.07, 6.45) is 0.0450. The first-order valence-corrected chi connectivity index (χ1v) is 6.19. The molecular weight excluding hydrogens is 260 g/mol. The predicted molar refractivity (Wildman–Crippen MR) is 72.5 cm³/mol. The molecule has 1 unspecified atom stereocenters. The number of ketones is 1. The first-order valence-electron chi connectivity index (χ1n) is 6.19. The SMILES string of the molecule is CC/C(C(=O)O)=C(\C(=O)O)C(C)C(=O)c1ccccc1. The number of aliphatic carboxylic acids is 2. The Kier molecular flexibility index (Phi) is 5.20. The zero-order valence-corrected chi connectivity index (χ0v) is 11.3. The first-order chi connectivity index (χ1) is 9.40. The van der Waals surface area contributed by atoms with Crippen molar-refractivity contribution in [1.82, 2.24) is 0 Å². The van der Waals surface area contributed by atoms with Gasteiger partial charge in [-0.15, -0.1) is 0 Å². The van der Waals surface area contributed by atoms with Gasteiger partial charge in [-0.05, 0) is 6.42 Å². The third kappa shape index (κ3) is 3.32. The maximum absolute atomic E-state index is 12.2. The minimum absolute atomic E-state index is 0.0450. The molecule has 5 heteroatoms. The third-order valence-electron chi connectivity index (χ3n) is 3.05. The van der Waals surface area contributed by atoms with Gasteiger partial charge < -0.3 is 10.2 Å². The van der Waals surface area contributed by atoms with E-state index in [1.165, 1.54) is 6.92 Å². The molecule has 2 N–H and O–H groups in total. The molecular formula is C15H16O5. The second-order valence-corrected chi connectivity index (χ2v) is 4.31. The van der Waals surface area contributed by atoms with Gasteiger partial charge in [0.2, 0.25) is 0 Å². The van der Waals surface area contributed by atoms with Crippen molar-refractivity contribution in [3.63, 3.8) is 0 Å². The summed E-state index contributed by atoms with van der Waals surface area (Å²) in [5.74, 6) is -4.10. The lowest BCUT2D eigenvalue weighted by molar-refractivity contribution is -0.136. The molecule has 0 aliphatic carbocycles. The normalized spacial score (nSPS) is 13.3. The van der Waals surface area contributed by atoms with Crippen LogP contribution in [0.4, 0.5) is 0 Å². The maximum Gasteiger partial charge on any atom is 0.332 e. The van der Waals surface area contributed by atoms with Crippen molar-refractivity contribution >= 4 is 17.7 Å². The van der Waals surface area contributed by atoms with E-state index in [0.717, 1.165) is 0 Å². The Morgan fingerprint density at radius 3 is 2.00 bits per heavy atom. The van der Waals surface area contributed by atoms with E-state index in [1.807, 2.05) is 0 Å². The Labute approximate surface area is 116 Å². The van der Waals surface area contributed by atoms with E-state index < -0.39 is 23.6 Å². The van der Waals surface area contributed by atoms with Gasteiger partial charge in [-0.1, -0.05) is 44.2 Å². The summed E-state index contributed by atoms with van der Waals surface area (Å²) in [4.78, 5) is 34.7. The van der Waals surface area contributed by atoms with Crippen molar-refractivity contribution in [3.05, 3.63) is 47.0 Å². The number of hydrogen-bond donors (Lipinski definition) is 2. The molecule has 0 amide bonds. The number of hydrogen-bond acceptors (Lipinski definition) is 3. The van der Waals surface area contributed by atoms with Gasteiger partial charge in [0.25, 0.3) is 0 Å². The van der Waals surface area contributed by atoms with Crippen molar-refractivity contribution in [1.29, 1.82) is 0 Å². The van der Waals surface area contributed by atoms with E-state index in [0.29, 0.717) is 5.56 Å². The summed E-state index contributed by atoms with van der Waals surface area (Å²) < 4.78 is 0. The molecule has 1 atom stereocenters. The fourth-order valence-electron chi connectivity index (χ4n) is 2.02. The van der Waals surface area contributed by atoms with Crippen molar-refractivity contribution in [3.8, 4) is 0 Å². The molecule has 5 nitrogen and oxygen atoms in total. The minimum Gasteiger partial charge on any atom is -0.478 e. The molecule has 0 aliphatic heterocycles. The molecule has 1 aromatic rings. The number of rotatable bonds is 6. The zero-order valence-electron chi connectivity index (χ0n) is 11.3. The van der Waals surface area contributed by atoms with Crippen LogP contribution in [-0.2, 0) is 9.59 Å². The maximum atomic E-state index is 12.2. The lowest BCUT2D eigenvalue weighted by Gasteiger charge is -2.14. The quantitative estimate of drug-likeness (QED) is 0.614. The Morgan fingerprint density at radius 2 is 1.60 bits per heavy atom. The van der Waals surface area contributed by atoms with Crippen molar-refractivity contribution in [2.24, 2.45) is 5.92 Å². The van der Waals surface area contributed by atoms with Crippen molar-refractivity contribution in [2.45, 2.75) is 20.3 Å². The van der Waals surface area contributed by atoms with Crippen LogP contribution in [0.2, 0.25) is 0 Å². The topological polar surface area (TPSA) is 91.7 Å². The highest BCUT2D eigenvalue weighted by atomic mass is 16.4. The molecule has 0 heterocycles. The molecule has 0 radical (unpaired) electrons. The number of Topliss-reactive ketones (excluding diaryl/α,β-unsaturated/α-hetero) is 1. The number of benzene rings is 1. The van der Waals surface area contributed by atoms with E-state index in [1.54, 1.807) is 37.3 Å². The summed E-state index contributed by atoms with van der Waals surface area (Å²) in [6, 6.07) is 8.23. The van der Waals surface area contributed by atoms with Crippen LogP contribution in [0.25, 0.3) is 0 Å². The molecule has 0 bridgehead atoms. The van der Waals surface area contributed by atoms with Gasteiger partial charge in [0.1, 0.15) is 0 Å². The van der Waals surface area contributed by atoms with E-state index in [4.69, 9.17) is 5.11 Å². The summed E-state index contributed by atoms with van der Waals surface area (Å²) in [5.41, 5.74) is -0.234. The fourth-order valence-corrected chi connectivity index (χ4v) is 2.02. The van der Waals surface area contributed by atoms with Gasteiger partial charge in [0.15, 0.2) is 5.78 Å². The summed E-state index contributed by atoms with van der Waals surface area (Å²) >= 11 is 0. The molecule has 0 saturated carbocycles. The van der Waals surface area contributed by atoms with Gasteiger partial charge in [-0.25, -0.2) is 9.59 Å². The summed E-state index contributed by atoms with van der Waals surface area (Å²) in [6.45, 7) is 2.96. The summed E-state index contributed by atoms with van der Waals surface area (Å²) in [7, 11) is 0. The second-order valence-electron chi connectivity index (χ2n) is 4.31. The van der Waals surface area contributed by atoms with Gasteiger partial charge in [0, 0.05) is 11.1 Å². The van der Waals surface area contributed by atoms with Crippen LogP contribution in [0.1, 0.15) is 30.6 Å². The Morgan fingerprint density at radius 1 is 1.05 bits per heavy atom. The van der Waals surface area contributed by atoms with Crippen LogP contribution < -0.4 is 0 Å². The molecule has 20 heavy (non-hydrogen) atoms. The van der Waals surface area contributed by atoms with E-state index in [2.05, 4.69) is 0 Å². The van der Waals surface area contributed by atoms with Crippen molar-refractivity contribution in [2.75, 3.05) is 0 Å². The highest BCUT2D eigenvalue weighted by molar-refractivity contribution is 6.08. The largest absolute Gasteiger partial charge is 0.478 e. The monoisotopic (exact) mass is 276 g/mol. The molecule has 0 aromatic heterocycles. The molecule has 0 saturated heterocycles. The predicted octanol–water partition coefficient (Wildman–Crippen LogP) is 2.38. The number of carboxylic acid groups (broad SMARTS) is 2. The van der Waals surface area contributed by atoms with Crippen LogP contribution in [0.15, 0.2) is 41.5 Å². The molecule has 106 valence electrons. The van der Waals surface area contributed by atoms with Gasteiger partial charge in [0.05, 0.1) is 11.5 Å². The average Bonchev–Trinajstić information content (AvgIpc) is 2.43. The zero-order chi connectivity index (χ0) is 15.3. The Balaban J connectivity index is 3.27. The van der Waals surface area contributed by atoms with Gasteiger partial charge in [-0.2, -0.15) is 0 Å². The number of carboxylic acids is 2. The van der Waals surface area contributed by atoms with E-state index in [-0.39, 0.29) is 17.6 Å². The molecule has 0 aliphatic rings.